The molecule has 0 radical (unpaired) electrons. The van der Waals surface area contributed by atoms with Gasteiger partial charge in [0.1, 0.15) is 12.2 Å². The molecule has 0 spiro atoms. The summed E-state index contributed by atoms with van der Waals surface area (Å²) in [6, 6.07) is 22.3. The van der Waals surface area contributed by atoms with Crippen LogP contribution in [0.25, 0.3) is 6.08 Å². The number of methoxy groups -OCH3 is 1. The molecule has 3 aromatic carbocycles. The van der Waals surface area contributed by atoms with E-state index in [1.807, 2.05) is 37.3 Å². The van der Waals surface area contributed by atoms with E-state index in [4.69, 9.17) is 9.47 Å². The average Bonchev–Trinajstić information content (AvgIpc) is 3.07. The van der Waals surface area contributed by atoms with Crippen molar-refractivity contribution in [1.29, 1.82) is 0 Å². The predicted molar refractivity (Wildman–Crippen MR) is 119 cm³/mol. The van der Waals surface area contributed by atoms with Crippen molar-refractivity contribution in [3.63, 3.8) is 0 Å². The van der Waals surface area contributed by atoms with Gasteiger partial charge in [0.2, 0.25) is 0 Å². The molecule has 0 saturated carbocycles. The highest BCUT2D eigenvalue weighted by molar-refractivity contribution is 6.31. The second kappa shape index (κ2) is 8.75. The molecule has 0 aromatic heterocycles. The Morgan fingerprint density at radius 3 is 2.48 bits per heavy atom. The van der Waals surface area contributed by atoms with Crippen molar-refractivity contribution in [1.82, 2.24) is 5.43 Å². The zero-order chi connectivity index (χ0) is 21.8. The Morgan fingerprint density at radius 2 is 1.74 bits per heavy atom. The van der Waals surface area contributed by atoms with Gasteiger partial charge >= 0.3 is 0 Å². The number of anilines is 1. The van der Waals surface area contributed by atoms with Crippen LogP contribution in [-0.2, 0) is 16.2 Å². The van der Waals surface area contributed by atoms with Gasteiger partial charge in [0.15, 0.2) is 11.5 Å². The van der Waals surface area contributed by atoms with Crippen LogP contribution in [0.1, 0.15) is 16.7 Å². The van der Waals surface area contributed by atoms with E-state index in [0.717, 1.165) is 11.1 Å². The molecule has 1 saturated heterocycles. The number of amides is 2. The van der Waals surface area contributed by atoms with Crippen LogP contribution in [0.3, 0.4) is 0 Å². The molecule has 6 heteroatoms. The number of para-hydroxylation sites is 2. The molecular formula is C25H22N2O4. The minimum absolute atomic E-state index is 0.0255. The topological polar surface area (TPSA) is 67.9 Å². The Bertz CT molecular complexity index is 1160. The summed E-state index contributed by atoms with van der Waals surface area (Å²) in [5.74, 6) is 0.0931. The van der Waals surface area contributed by atoms with Crippen molar-refractivity contribution >= 4 is 23.6 Å². The molecule has 1 heterocycles. The fourth-order valence-electron chi connectivity index (χ4n) is 3.39. The van der Waals surface area contributed by atoms with Crippen LogP contribution < -0.4 is 19.9 Å². The number of rotatable bonds is 6. The van der Waals surface area contributed by atoms with Gasteiger partial charge in [-0.1, -0.05) is 60.2 Å². The van der Waals surface area contributed by atoms with Gasteiger partial charge in [-0.25, -0.2) is 5.01 Å². The van der Waals surface area contributed by atoms with Gasteiger partial charge < -0.3 is 9.47 Å². The maximum Gasteiger partial charge on any atom is 0.282 e. The molecule has 6 nitrogen and oxygen atoms in total. The van der Waals surface area contributed by atoms with Gasteiger partial charge in [-0.3, -0.25) is 15.0 Å². The molecule has 31 heavy (non-hydrogen) atoms. The lowest BCUT2D eigenvalue weighted by Gasteiger charge is -2.14. The Kier molecular flexibility index (Phi) is 5.71. The van der Waals surface area contributed by atoms with Crippen LogP contribution in [0, 0.1) is 6.92 Å². The normalized spacial score (nSPS) is 14.6. The van der Waals surface area contributed by atoms with Gasteiger partial charge in [-0.05, 0) is 36.8 Å². The highest BCUT2D eigenvalue weighted by Crippen LogP contribution is 2.34. The lowest BCUT2D eigenvalue weighted by atomic mass is 10.1. The van der Waals surface area contributed by atoms with Gasteiger partial charge in [0.25, 0.3) is 11.8 Å². The number of carbonyl (C=O) groups is 2. The maximum atomic E-state index is 12.9. The summed E-state index contributed by atoms with van der Waals surface area (Å²) in [5, 5.41) is 1.24. The molecular weight excluding hydrogens is 392 g/mol. The molecule has 0 bridgehead atoms. The third-order valence-corrected chi connectivity index (χ3v) is 4.90. The number of aryl methyl sites for hydroxylation is 1. The highest BCUT2D eigenvalue weighted by Gasteiger charge is 2.34. The average molecular weight is 414 g/mol. The number of nitrogens with zero attached hydrogens (tertiary/aromatic N) is 1. The largest absolute Gasteiger partial charge is 0.493 e. The number of hydrazine groups is 1. The Balaban J connectivity index is 1.65. The van der Waals surface area contributed by atoms with E-state index in [9.17, 15) is 9.59 Å². The Labute approximate surface area is 180 Å². The fraction of sp³-hybridized carbons (Fsp3) is 0.120. The molecule has 1 fully saturated rings. The molecule has 1 aliphatic heterocycles. The lowest BCUT2D eigenvalue weighted by Crippen LogP contribution is -2.35. The molecule has 0 aliphatic carbocycles. The summed E-state index contributed by atoms with van der Waals surface area (Å²) in [6.45, 7) is 2.35. The van der Waals surface area contributed by atoms with Crippen molar-refractivity contribution in [3.05, 3.63) is 95.1 Å². The Hall–Kier alpha value is -4.06. The third kappa shape index (κ3) is 4.28. The van der Waals surface area contributed by atoms with Crippen molar-refractivity contribution in [2.75, 3.05) is 12.1 Å². The van der Waals surface area contributed by atoms with Crippen LogP contribution in [0.15, 0.2) is 78.4 Å². The van der Waals surface area contributed by atoms with E-state index in [-0.39, 0.29) is 5.57 Å². The van der Waals surface area contributed by atoms with E-state index in [1.54, 1.807) is 49.6 Å². The monoisotopic (exact) mass is 414 g/mol. The first kappa shape index (κ1) is 20.2. The lowest BCUT2D eigenvalue weighted by molar-refractivity contribution is -0.117. The number of ether oxygens (including phenoxy) is 2. The summed E-state index contributed by atoms with van der Waals surface area (Å²) in [4.78, 5) is 25.4. The first-order valence-corrected chi connectivity index (χ1v) is 9.84. The first-order valence-electron chi connectivity index (χ1n) is 9.84. The summed E-state index contributed by atoms with van der Waals surface area (Å²) < 4.78 is 11.5. The van der Waals surface area contributed by atoms with Crippen LogP contribution in [-0.4, -0.2) is 18.9 Å². The van der Waals surface area contributed by atoms with Crippen molar-refractivity contribution in [3.8, 4) is 11.5 Å². The molecule has 3 aromatic rings. The highest BCUT2D eigenvalue weighted by atomic mass is 16.5. The van der Waals surface area contributed by atoms with E-state index < -0.39 is 11.8 Å². The van der Waals surface area contributed by atoms with Crippen LogP contribution in [0.5, 0.6) is 11.5 Å². The van der Waals surface area contributed by atoms with E-state index in [0.29, 0.717) is 29.4 Å². The molecule has 1 aliphatic rings. The summed E-state index contributed by atoms with van der Waals surface area (Å²) in [5.41, 5.74) is 5.95. The number of carbonyl (C=O) groups excluding carboxylic acids is 2. The van der Waals surface area contributed by atoms with Gasteiger partial charge in [0, 0.05) is 5.56 Å². The van der Waals surface area contributed by atoms with E-state index in [1.165, 1.54) is 11.1 Å². The van der Waals surface area contributed by atoms with Crippen LogP contribution in [0.4, 0.5) is 5.69 Å². The Morgan fingerprint density at radius 1 is 0.968 bits per heavy atom. The molecule has 0 atom stereocenters. The van der Waals surface area contributed by atoms with Crippen LogP contribution >= 0.6 is 0 Å². The predicted octanol–water partition coefficient (Wildman–Crippen LogP) is 4.04. The fourth-order valence-corrected chi connectivity index (χ4v) is 3.39. The van der Waals surface area contributed by atoms with Gasteiger partial charge in [-0.15, -0.1) is 0 Å². The number of nitrogens with one attached hydrogen (secondary N) is 1. The number of hydrogen-bond acceptors (Lipinski definition) is 4. The third-order valence-electron chi connectivity index (χ3n) is 4.90. The molecule has 156 valence electrons. The molecule has 1 N–H and O–H groups in total. The van der Waals surface area contributed by atoms with Crippen LogP contribution in [0.2, 0.25) is 0 Å². The second-order valence-corrected chi connectivity index (χ2v) is 7.13. The quantitative estimate of drug-likeness (QED) is 0.488. The summed E-state index contributed by atoms with van der Waals surface area (Å²) in [7, 11) is 1.55. The standard InChI is InChI=1S/C25H22N2O4/c1-17-8-6-9-18(14-17)16-31-23-19(10-7-13-22(23)30-2)15-21-24(28)26-27(25(21)29)20-11-4-3-5-12-20/h3-15H,16H2,1-2H3,(H,26,28)/b21-15-. The molecule has 0 unspecified atom stereocenters. The zero-order valence-corrected chi connectivity index (χ0v) is 17.3. The zero-order valence-electron chi connectivity index (χ0n) is 17.3. The van der Waals surface area contributed by atoms with E-state index in [2.05, 4.69) is 5.43 Å². The second-order valence-electron chi connectivity index (χ2n) is 7.13. The SMILES string of the molecule is COc1cccc(/C=C2/C(=O)NN(c3ccccc3)C2=O)c1OCc1cccc(C)c1. The number of benzene rings is 3. The van der Waals surface area contributed by atoms with Crippen molar-refractivity contribution in [2.45, 2.75) is 13.5 Å². The first-order chi connectivity index (χ1) is 15.1. The molecule has 4 rings (SSSR count). The minimum atomic E-state index is -0.471. The van der Waals surface area contributed by atoms with Crippen molar-refractivity contribution in [2.24, 2.45) is 0 Å². The summed E-state index contributed by atoms with van der Waals surface area (Å²) >= 11 is 0. The van der Waals surface area contributed by atoms with Gasteiger partial charge in [-0.2, -0.15) is 0 Å². The summed E-state index contributed by atoms with van der Waals surface area (Å²) in [6.07, 6.45) is 1.54. The molecule has 2 amide bonds. The van der Waals surface area contributed by atoms with Gasteiger partial charge in [0.05, 0.1) is 12.8 Å². The minimum Gasteiger partial charge on any atom is -0.493 e. The number of hydrogen-bond donors (Lipinski definition) is 1. The van der Waals surface area contributed by atoms with Crippen molar-refractivity contribution < 1.29 is 19.1 Å². The van der Waals surface area contributed by atoms with E-state index >= 15 is 0 Å². The maximum absolute atomic E-state index is 12.9. The smallest absolute Gasteiger partial charge is 0.282 e.